The van der Waals surface area contributed by atoms with Gasteiger partial charge in [0.25, 0.3) is 0 Å². The van der Waals surface area contributed by atoms with Crippen LogP contribution in [0.1, 0.15) is 38.4 Å². The molecule has 0 amide bonds. The fourth-order valence-corrected chi connectivity index (χ4v) is 1.66. The molecule has 0 spiro atoms. The van der Waals surface area contributed by atoms with Crippen LogP contribution in [0, 0.1) is 5.92 Å². The van der Waals surface area contributed by atoms with Gasteiger partial charge in [0, 0.05) is 0 Å². The quantitative estimate of drug-likeness (QED) is 0.751. The summed E-state index contributed by atoms with van der Waals surface area (Å²) in [6, 6.07) is 9.90. The molecule has 0 fully saturated rings. The summed E-state index contributed by atoms with van der Waals surface area (Å²) in [6.07, 6.45) is 1.77. The van der Waals surface area contributed by atoms with E-state index in [4.69, 9.17) is 0 Å². The first kappa shape index (κ1) is 10.3. The Hall–Kier alpha value is -0.820. The van der Waals surface area contributed by atoms with Gasteiger partial charge in [0.2, 0.25) is 0 Å². The number of benzene rings is 1. The van der Waals surface area contributed by atoms with Crippen LogP contribution in [0.15, 0.2) is 30.3 Å². The van der Waals surface area contributed by atoms with Crippen molar-refractivity contribution in [2.24, 2.45) is 5.92 Å². The first-order valence-corrected chi connectivity index (χ1v) is 5.02. The number of aliphatic hydroxyl groups excluding tert-OH is 1. The molecule has 1 aromatic rings. The zero-order valence-electron chi connectivity index (χ0n) is 8.40. The van der Waals surface area contributed by atoms with Gasteiger partial charge in [0.15, 0.2) is 0 Å². The summed E-state index contributed by atoms with van der Waals surface area (Å²) in [5.74, 6) is 0.391. The molecular weight excluding hydrogens is 160 g/mol. The van der Waals surface area contributed by atoms with Crippen molar-refractivity contribution in [3.05, 3.63) is 35.9 Å². The lowest BCUT2D eigenvalue weighted by molar-refractivity contribution is 0.103. The molecule has 13 heavy (non-hydrogen) atoms. The van der Waals surface area contributed by atoms with Gasteiger partial charge in [-0.25, -0.2) is 0 Å². The predicted octanol–water partition coefficient (Wildman–Crippen LogP) is 3.16. The van der Waals surface area contributed by atoms with Gasteiger partial charge in [0.1, 0.15) is 0 Å². The predicted molar refractivity (Wildman–Crippen MR) is 55.5 cm³/mol. The van der Waals surface area contributed by atoms with E-state index >= 15 is 0 Å². The number of aliphatic hydroxyl groups is 1. The van der Waals surface area contributed by atoms with Crippen molar-refractivity contribution in [2.75, 3.05) is 0 Å². The standard InChI is InChI=1S/C12H18O/c1-3-10(4-2)12(13)11-8-6-5-7-9-11/h5-10,12-13H,3-4H2,1-2H3/t12-/m0/s1. The van der Waals surface area contributed by atoms with Crippen LogP contribution in [-0.2, 0) is 0 Å². The Bertz CT molecular complexity index is 226. The number of rotatable bonds is 4. The van der Waals surface area contributed by atoms with Gasteiger partial charge in [-0.05, 0) is 11.5 Å². The Labute approximate surface area is 80.4 Å². The average Bonchev–Trinajstić information content (AvgIpc) is 2.21. The average molecular weight is 178 g/mol. The SMILES string of the molecule is CCC(CC)[C@H](O)c1ccccc1. The van der Waals surface area contributed by atoms with E-state index < -0.39 is 0 Å². The zero-order chi connectivity index (χ0) is 9.68. The first-order valence-electron chi connectivity index (χ1n) is 5.02. The van der Waals surface area contributed by atoms with E-state index in [-0.39, 0.29) is 6.10 Å². The highest BCUT2D eigenvalue weighted by atomic mass is 16.3. The number of hydrogen-bond donors (Lipinski definition) is 1. The summed E-state index contributed by atoms with van der Waals surface area (Å²) in [5, 5.41) is 9.98. The summed E-state index contributed by atoms with van der Waals surface area (Å²) in [6.45, 7) is 4.25. The van der Waals surface area contributed by atoms with E-state index in [1.165, 1.54) is 0 Å². The normalized spacial score (nSPS) is 13.2. The van der Waals surface area contributed by atoms with Crippen molar-refractivity contribution in [3.63, 3.8) is 0 Å². The lowest BCUT2D eigenvalue weighted by Crippen LogP contribution is -2.10. The van der Waals surface area contributed by atoms with Gasteiger partial charge in [-0.3, -0.25) is 0 Å². The minimum absolute atomic E-state index is 0.295. The molecule has 0 aliphatic rings. The molecule has 0 saturated carbocycles. The van der Waals surface area contributed by atoms with E-state index in [1.54, 1.807) is 0 Å². The second-order valence-electron chi connectivity index (χ2n) is 3.43. The molecule has 1 N–H and O–H groups in total. The molecule has 1 heteroatoms. The monoisotopic (exact) mass is 178 g/mol. The lowest BCUT2D eigenvalue weighted by atomic mass is 9.91. The van der Waals surface area contributed by atoms with Crippen molar-refractivity contribution in [1.29, 1.82) is 0 Å². The Kier molecular flexibility index (Phi) is 3.97. The maximum atomic E-state index is 9.98. The lowest BCUT2D eigenvalue weighted by Gasteiger charge is -2.20. The highest BCUT2D eigenvalue weighted by Gasteiger charge is 2.16. The van der Waals surface area contributed by atoms with Crippen LogP contribution >= 0.6 is 0 Å². The zero-order valence-corrected chi connectivity index (χ0v) is 8.40. The molecule has 1 rings (SSSR count). The molecule has 0 radical (unpaired) electrons. The Morgan fingerprint density at radius 3 is 2.08 bits per heavy atom. The molecule has 0 aromatic heterocycles. The fraction of sp³-hybridized carbons (Fsp3) is 0.500. The molecule has 1 aromatic carbocycles. The van der Waals surface area contributed by atoms with Gasteiger partial charge in [-0.15, -0.1) is 0 Å². The summed E-state index contributed by atoms with van der Waals surface area (Å²) in [4.78, 5) is 0. The van der Waals surface area contributed by atoms with Crippen molar-refractivity contribution < 1.29 is 5.11 Å². The maximum absolute atomic E-state index is 9.98. The van der Waals surface area contributed by atoms with Gasteiger partial charge in [-0.1, -0.05) is 57.0 Å². The molecule has 0 heterocycles. The van der Waals surface area contributed by atoms with Crippen molar-refractivity contribution >= 4 is 0 Å². The molecule has 0 unspecified atom stereocenters. The van der Waals surface area contributed by atoms with Crippen LogP contribution < -0.4 is 0 Å². The third kappa shape index (κ3) is 2.56. The van der Waals surface area contributed by atoms with E-state index in [0.29, 0.717) is 5.92 Å². The highest BCUT2D eigenvalue weighted by molar-refractivity contribution is 5.17. The molecule has 0 saturated heterocycles. The summed E-state index contributed by atoms with van der Waals surface area (Å²) >= 11 is 0. The van der Waals surface area contributed by atoms with Crippen LogP contribution in [0.25, 0.3) is 0 Å². The second-order valence-corrected chi connectivity index (χ2v) is 3.43. The maximum Gasteiger partial charge on any atom is 0.0817 e. The van der Waals surface area contributed by atoms with E-state index in [9.17, 15) is 5.11 Å². The molecule has 1 nitrogen and oxygen atoms in total. The van der Waals surface area contributed by atoms with Gasteiger partial charge < -0.3 is 5.11 Å². The fourth-order valence-electron chi connectivity index (χ4n) is 1.66. The van der Waals surface area contributed by atoms with Crippen molar-refractivity contribution in [3.8, 4) is 0 Å². The number of hydrogen-bond acceptors (Lipinski definition) is 1. The van der Waals surface area contributed by atoms with Gasteiger partial charge in [0.05, 0.1) is 6.10 Å². The molecule has 0 aliphatic heterocycles. The smallest absolute Gasteiger partial charge is 0.0817 e. The van der Waals surface area contributed by atoms with E-state index in [1.807, 2.05) is 30.3 Å². The van der Waals surface area contributed by atoms with Crippen LogP contribution in [0.3, 0.4) is 0 Å². The first-order chi connectivity index (χ1) is 6.29. The topological polar surface area (TPSA) is 20.2 Å². The van der Waals surface area contributed by atoms with Crippen LogP contribution in [0.2, 0.25) is 0 Å². The minimum atomic E-state index is -0.295. The van der Waals surface area contributed by atoms with Crippen LogP contribution in [0.4, 0.5) is 0 Å². The summed E-state index contributed by atoms with van der Waals surface area (Å²) in [5.41, 5.74) is 1.04. The minimum Gasteiger partial charge on any atom is -0.388 e. The second kappa shape index (κ2) is 5.03. The molecular formula is C12H18O. The third-order valence-corrected chi connectivity index (χ3v) is 2.64. The summed E-state index contributed by atoms with van der Waals surface area (Å²) in [7, 11) is 0. The Morgan fingerprint density at radius 1 is 1.08 bits per heavy atom. The Balaban J connectivity index is 2.72. The third-order valence-electron chi connectivity index (χ3n) is 2.64. The largest absolute Gasteiger partial charge is 0.388 e. The van der Waals surface area contributed by atoms with Crippen molar-refractivity contribution in [2.45, 2.75) is 32.8 Å². The van der Waals surface area contributed by atoms with E-state index in [2.05, 4.69) is 13.8 Å². The summed E-state index contributed by atoms with van der Waals surface area (Å²) < 4.78 is 0. The van der Waals surface area contributed by atoms with E-state index in [0.717, 1.165) is 18.4 Å². The highest BCUT2D eigenvalue weighted by Crippen LogP contribution is 2.26. The molecule has 0 bridgehead atoms. The molecule has 0 aliphatic carbocycles. The van der Waals surface area contributed by atoms with Crippen LogP contribution in [-0.4, -0.2) is 5.11 Å². The van der Waals surface area contributed by atoms with Crippen molar-refractivity contribution in [1.82, 2.24) is 0 Å². The van der Waals surface area contributed by atoms with Gasteiger partial charge in [-0.2, -0.15) is 0 Å². The molecule has 1 atom stereocenters. The molecule has 72 valence electrons. The van der Waals surface area contributed by atoms with Gasteiger partial charge >= 0.3 is 0 Å². The Morgan fingerprint density at radius 2 is 1.62 bits per heavy atom. The van der Waals surface area contributed by atoms with Crippen LogP contribution in [0.5, 0.6) is 0 Å².